The summed E-state index contributed by atoms with van der Waals surface area (Å²) in [4.78, 5) is 12.1. The van der Waals surface area contributed by atoms with Gasteiger partial charge in [-0.3, -0.25) is 4.79 Å². The van der Waals surface area contributed by atoms with Crippen LogP contribution in [0.3, 0.4) is 0 Å². The number of methoxy groups -OCH3 is 1. The molecule has 1 unspecified atom stereocenters. The summed E-state index contributed by atoms with van der Waals surface area (Å²) in [6, 6.07) is 5.07. The van der Waals surface area contributed by atoms with Crippen molar-refractivity contribution in [1.29, 1.82) is 0 Å². The molecule has 0 aromatic heterocycles. The number of rotatable bonds is 4. The molecule has 0 saturated heterocycles. The molecule has 0 heterocycles. The van der Waals surface area contributed by atoms with Crippen LogP contribution in [0.25, 0.3) is 0 Å². The maximum atomic E-state index is 12.1. The van der Waals surface area contributed by atoms with E-state index in [0.717, 1.165) is 19.3 Å². The first-order chi connectivity index (χ1) is 9.20. The minimum atomic E-state index is -0.105. The Bertz CT molecular complexity index is 483. The van der Waals surface area contributed by atoms with Gasteiger partial charge in [0, 0.05) is 18.3 Å². The normalized spacial score (nSPS) is 18.1. The molecule has 3 N–H and O–H groups in total. The number of nitrogens with one attached hydrogen (secondary N) is 1. The Morgan fingerprint density at radius 3 is 3.00 bits per heavy atom. The van der Waals surface area contributed by atoms with Gasteiger partial charge in [-0.1, -0.05) is 12.2 Å². The number of carbonyl (C=O) groups is 1. The van der Waals surface area contributed by atoms with Crippen LogP contribution in [0.2, 0.25) is 0 Å². The average molecular weight is 260 g/mol. The first-order valence-electron chi connectivity index (χ1n) is 6.57. The van der Waals surface area contributed by atoms with Gasteiger partial charge in [-0.05, 0) is 37.3 Å². The number of benzene rings is 1. The second kappa shape index (κ2) is 6.27. The van der Waals surface area contributed by atoms with E-state index in [-0.39, 0.29) is 5.91 Å². The summed E-state index contributed by atoms with van der Waals surface area (Å²) in [6.07, 6.45) is 7.66. The maximum absolute atomic E-state index is 12.1. The molecule has 0 aliphatic heterocycles. The van der Waals surface area contributed by atoms with Gasteiger partial charge in [0.15, 0.2) is 0 Å². The fourth-order valence-electron chi connectivity index (χ4n) is 2.27. The predicted octanol–water partition coefficient (Wildman–Crippen LogP) is 2.36. The molecule has 19 heavy (non-hydrogen) atoms. The average Bonchev–Trinajstić information content (AvgIpc) is 2.45. The summed E-state index contributed by atoms with van der Waals surface area (Å²) in [5, 5.41) is 2.97. The Morgan fingerprint density at radius 2 is 2.32 bits per heavy atom. The topological polar surface area (TPSA) is 64.3 Å². The zero-order valence-corrected chi connectivity index (χ0v) is 11.2. The minimum Gasteiger partial charge on any atom is -0.496 e. The first-order valence-corrected chi connectivity index (χ1v) is 6.57. The molecule has 0 saturated carbocycles. The van der Waals surface area contributed by atoms with Crippen molar-refractivity contribution in [3.05, 3.63) is 35.9 Å². The van der Waals surface area contributed by atoms with E-state index in [4.69, 9.17) is 10.5 Å². The molecule has 102 valence electrons. The lowest BCUT2D eigenvalue weighted by Gasteiger charge is -2.18. The highest BCUT2D eigenvalue weighted by Gasteiger charge is 2.15. The highest BCUT2D eigenvalue weighted by Crippen LogP contribution is 2.22. The second-order valence-corrected chi connectivity index (χ2v) is 4.82. The molecule has 0 bridgehead atoms. The summed E-state index contributed by atoms with van der Waals surface area (Å²) >= 11 is 0. The summed E-state index contributed by atoms with van der Waals surface area (Å²) in [6.45, 7) is 0.705. The van der Waals surface area contributed by atoms with Gasteiger partial charge in [0.1, 0.15) is 5.75 Å². The molecule has 4 nitrogen and oxygen atoms in total. The molecule has 1 amide bonds. The number of nitrogens with two attached hydrogens (primary N) is 1. The monoisotopic (exact) mass is 260 g/mol. The van der Waals surface area contributed by atoms with Gasteiger partial charge >= 0.3 is 0 Å². The lowest BCUT2D eigenvalue weighted by Crippen LogP contribution is -2.30. The van der Waals surface area contributed by atoms with Crippen molar-refractivity contribution in [2.24, 2.45) is 5.92 Å². The molecular formula is C15H20N2O2. The number of carbonyl (C=O) groups excluding carboxylic acids is 1. The smallest absolute Gasteiger partial charge is 0.255 e. The minimum absolute atomic E-state index is 0.105. The van der Waals surface area contributed by atoms with Crippen LogP contribution in [0.1, 0.15) is 29.6 Å². The SMILES string of the molecule is COc1cc(N)ccc1C(=O)NCC1CC=CCC1. The van der Waals surface area contributed by atoms with Crippen LogP contribution in [-0.4, -0.2) is 19.6 Å². The van der Waals surface area contributed by atoms with Crippen molar-refractivity contribution in [2.75, 3.05) is 19.4 Å². The molecule has 1 aliphatic carbocycles. The highest BCUT2D eigenvalue weighted by molar-refractivity contribution is 5.97. The molecule has 1 aliphatic rings. The molecule has 1 atom stereocenters. The van der Waals surface area contributed by atoms with E-state index in [9.17, 15) is 4.79 Å². The van der Waals surface area contributed by atoms with Crippen LogP contribution < -0.4 is 15.8 Å². The Kier molecular flexibility index (Phi) is 4.44. The number of allylic oxidation sites excluding steroid dienone is 2. The van der Waals surface area contributed by atoms with Gasteiger partial charge < -0.3 is 15.8 Å². The van der Waals surface area contributed by atoms with Gasteiger partial charge in [-0.15, -0.1) is 0 Å². The Balaban J connectivity index is 1.97. The van der Waals surface area contributed by atoms with E-state index in [0.29, 0.717) is 29.5 Å². The molecular weight excluding hydrogens is 240 g/mol. The van der Waals surface area contributed by atoms with Crippen LogP contribution in [0, 0.1) is 5.92 Å². The van der Waals surface area contributed by atoms with E-state index in [1.54, 1.807) is 18.2 Å². The standard InChI is InChI=1S/C15H20N2O2/c1-19-14-9-12(16)7-8-13(14)15(18)17-10-11-5-3-2-4-6-11/h2-3,7-9,11H,4-6,10,16H2,1H3,(H,17,18). The number of hydrogen-bond donors (Lipinski definition) is 2. The Labute approximate surface area is 113 Å². The predicted molar refractivity (Wildman–Crippen MR) is 76.2 cm³/mol. The third kappa shape index (κ3) is 3.50. The third-order valence-electron chi connectivity index (χ3n) is 3.40. The molecule has 0 fully saturated rings. The largest absolute Gasteiger partial charge is 0.496 e. The van der Waals surface area contributed by atoms with Gasteiger partial charge in [0.05, 0.1) is 12.7 Å². The zero-order valence-electron chi connectivity index (χ0n) is 11.2. The van der Waals surface area contributed by atoms with Gasteiger partial charge in [-0.25, -0.2) is 0 Å². The summed E-state index contributed by atoms with van der Waals surface area (Å²) in [7, 11) is 1.54. The van der Waals surface area contributed by atoms with Crippen LogP contribution in [-0.2, 0) is 0 Å². The molecule has 0 radical (unpaired) electrons. The van der Waals surface area contributed by atoms with Crippen LogP contribution in [0.4, 0.5) is 5.69 Å². The van der Waals surface area contributed by atoms with Crippen LogP contribution in [0.15, 0.2) is 30.4 Å². The van der Waals surface area contributed by atoms with Crippen molar-refractivity contribution < 1.29 is 9.53 Å². The third-order valence-corrected chi connectivity index (χ3v) is 3.40. The maximum Gasteiger partial charge on any atom is 0.255 e. The molecule has 1 aromatic rings. The molecule has 0 spiro atoms. The quantitative estimate of drug-likeness (QED) is 0.645. The van der Waals surface area contributed by atoms with Crippen LogP contribution in [0.5, 0.6) is 5.75 Å². The number of amides is 1. The number of hydrogen-bond acceptors (Lipinski definition) is 3. The van der Waals surface area contributed by atoms with Crippen molar-refractivity contribution in [1.82, 2.24) is 5.32 Å². The van der Waals surface area contributed by atoms with E-state index in [1.807, 2.05) is 0 Å². The molecule has 4 heteroatoms. The van der Waals surface area contributed by atoms with Gasteiger partial charge in [0.25, 0.3) is 5.91 Å². The highest BCUT2D eigenvalue weighted by atomic mass is 16.5. The van der Waals surface area contributed by atoms with E-state index in [2.05, 4.69) is 17.5 Å². The lowest BCUT2D eigenvalue weighted by molar-refractivity contribution is 0.0943. The fourth-order valence-corrected chi connectivity index (χ4v) is 2.27. The van der Waals surface area contributed by atoms with Crippen LogP contribution >= 0.6 is 0 Å². The number of ether oxygens (including phenoxy) is 1. The zero-order chi connectivity index (χ0) is 13.7. The van der Waals surface area contributed by atoms with E-state index < -0.39 is 0 Å². The van der Waals surface area contributed by atoms with Gasteiger partial charge in [0.2, 0.25) is 0 Å². The molecule has 2 rings (SSSR count). The first kappa shape index (κ1) is 13.5. The van der Waals surface area contributed by atoms with E-state index >= 15 is 0 Å². The van der Waals surface area contributed by atoms with E-state index in [1.165, 1.54) is 7.11 Å². The fraction of sp³-hybridized carbons (Fsp3) is 0.400. The summed E-state index contributed by atoms with van der Waals surface area (Å²) in [5.74, 6) is 0.946. The summed E-state index contributed by atoms with van der Waals surface area (Å²) < 4.78 is 5.19. The lowest BCUT2D eigenvalue weighted by atomic mass is 9.94. The Morgan fingerprint density at radius 1 is 1.47 bits per heavy atom. The van der Waals surface area contributed by atoms with Gasteiger partial charge in [-0.2, -0.15) is 0 Å². The van der Waals surface area contributed by atoms with Crippen molar-refractivity contribution in [3.63, 3.8) is 0 Å². The second-order valence-electron chi connectivity index (χ2n) is 4.82. The number of anilines is 1. The van der Waals surface area contributed by atoms with Crippen molar-refractivity contribution in [2.45, 2.75) is 19.3 Å². The summed E-state index contributed by atoms with van der Waals surface area (Å²) in [5.41, 5.74) is 6.79. The Hall–Kier alpha value is -1.97. The molecule has 1 aromatic carbocycles. The van der Waals surface area contributed by atoms with Crippen molar-refractivity contribution >= 4 is 11.6 Å². The number of nitrogen functional groups attached to an aromatic ring is 1. The van der Waals surface area contributed by atoms with Crippen molar-refractivity contribution in [3.8, 4) is 5.75 Å².